The Kier molecular flexibility index (Phi) is 8.19. The molecule has 0 bridgehead atoms. The minimum Gasteiger partial charge on any atom is -0.453 e. The van der Waals surface area contributed by atoms with Gasteiger partial charge in [-0.1, -0.05) is 194 Å². The third-order valence-electron chi connectivity index (χ3n) is 11.5. The summed E-state index contributed by atoms with van der Waals surface area (Å²) in [5, 5.41) is 6.93. The lowest BCUT2D eigenvalue weighted by Gasteiger charge is -2.28. The molecule has 0 saturated heterocycles. The van der Waals surface area contributed by atoms with Crippen LogP contribution in [0.15, 0.2) is 229 Å². The molecule has 0 saturated carbocycles. The predicted molar refractivity (Wildman–Crippen MR) is 245 cm³/mol. The van der Waals surface area contributed by atoms with Crippen molar-refractivity contribution >= 4 is 60.5 Å². The summed E-state index contributed by atoms with van der Waals surface area (Å²) >= 11 is 0. The Morgan fingerprint density at radius 2 is 0.638 bits per heavy atom. The Bertz CT molecular complexity index is 3140. The maximum Gasteiger partial charge on any atom is 0.160 e. The van der Waals surface area contributed by atoms with Crippen LogP contribution in [0.2, 0.25) is 0 Å². The van der Waals surface area contributed by atoms with E-state index in [1.807, 2.05) is 0 Å². The van der Waals surface area contributed by atoms with Crippen molar-refractivity contribution in [3.63, 3.8) is 0 Å². The lowest BCUT2D eigenvalue weighted by atomic mass is 9.94. The molecule has 11 aromatic rings. The Hall–Kier alpha value is -7.68. The summed E-state index contributed by atoms with van der Waals surface area (Å²) in [5.74, 6) is 0. The average molecular weight is 740 g/mol. The fraction of sp³-hybridized carbons (Fsp3) is 0. The quantitative estimate of drug-likeness (QED) is 0.151. The van der Waals surface area contributed by atoms with Crippen molar-refractivity contribution in [3.05, 3.63) is 224 Å². The topological polar surface area (TPSA) is 16.4 Å². The van der Waals surface area contributed by atoms with Gasteiger partial charge in [0.15, 0.2) is 5.58 Å². The van der Waals surface area contributed by atoms with Gasteiger partial charge in [0.1, 0.15) is 5.58 Å². The minimum atomic E-state index is 0.848. The summed E-state index contributed by atoms with van der Waals surface area (Å²) in [6.07, 6.45) is 0. The van der Waals surface area contributed by atoms with E-state index in [0.717, 1.165) is 55.5 Å². The highest BCUT2D eigenvalue weighted by Gasteiger charge is 2.26. The van der Waals surface area contributed by atoms with Gasteiger partial charge in [0.05, 0.1) is 5.69 Å². The Morgan fingerprint density at radius 1 is 0.259 bits per heavy atom. The number of furan rings is 1. The SMILES string of the molecule is c1ccc(-c2ccc(-c3ccc4c(oc5c6ccccc6c6ccccc6c45)c3N(c3ccc(-c4ccccc4)cc3)c3ccc(-c4ccccc4)cc3)cc2)cc1. The number of fused-ring (bicyclic) bond motifs is 8. The summed E-state index contributed by atoms with van der Waals surface area (Å²) in [7, 11) is 0. The number of rotatable bonds is 7. The second kappa shape index (κ2) is 14.1. The molecule has 0 unspecified atom stereocenters. The molecule has 0 aliphatic rings. The fourth-order valence-electron chi connectivity index (χ4n) is 8.66. The molecule has 0 aliphatic heterocycles. The third-order valence-corrected chi connectivity index (χ3v) is 11.5. The molecule has 0 atom stereocenters. The molecule has 0 fully saturated rings. The van der Waals surface area contributed by atoms with Crippen LogP contribution in [-0.2, 0) is 0 Å². The Morgan fingerprint density at radius 3 is 1.14 bits per heavy atom. The van der Waals surface area contributed by atoms with Crippen LogP contribution in [0.1, 0.15) is 0 Å². The normalized spacial score (nSPS) is 11.4. The molecule has 0 spiro atoms. The first-order valence-electron chi connectivity index (χ1n) is 19.8. The van der Waals surface area contributed by atoms with Crippen LogP contribution in [0.5, 0.6) is 0 Å². The van der Waals surface area contributed by atoms with E-state index in [-0.39, 0.29) is 0 Å². The van der Waals surface area contributed by atoms with Gasteiger partial charge in [-0.2, -0.15) is 0 Å². The van der Waals surface area contributed by atoms with Gasteiger partial charge in [0.2, 0.25) is 0 Å². The van der Waals surface area contributed by atoms with Gasteiger partial charge < -0.3 is 9.32 Å². The van der Waals surface area contributed by atoms with Crippen LogP contribution >= 0.6 is 0 Å². The second-order valence-electron chi connectivity index (χ2n) is 14.8. The van der Waals surface area contributed by atoms with E-state index in [4.69, 9.17) is 4.42 Å². The summed E-state index contributed by atoms with van der Waals surface area (Å²) in [6, 6.07) is 80.4. The van der Waals surface area contributed by atoms with Crippen molar-refractivity contribution in [1.29, 1.82) is 0 Å². The van der Waals surface area contributed by atoms with E-state index in [1.165, 1.54) is 49.5 Å². The van der Waals surface area contributed by atoms with Crippen LogP contribution < -0.4 is 4.90 Å². The molecule has 2 heteroatoms. The van der Waals surface area contributed by atoms with E-state index in [0.29, 0.717) is 0 Å². The van der Waals surface area contributed by atoms with Gasteiger partial charge in [-0.25, -0.2) is 0 Å². The van der Waals surface area contributed by atoms with E-state index < -0.39 is 0 Å². The number of hydrogen-bond acceptors (Lipinski definition) is 2. The molecule has 10 aromatic carbocycles. The molecule has 1 aromatic heterocycles. The molecule has 2 nitrogen and oxygen atoms in total. The summed E-state index contributed by atoms with van der Waals surface area (Å²) < 4.78 is 7.33. The monoisotopic (exact) mass is 739 g/mol. The van der Waals surface area contributed by atoms with Gasteiger partial charge in [-0.3, -0.25) is 0 Å². The lowest BCUT2D eigenvalue weighted by Crippen LogP contribution is -2.11. The Labute approximate surface area is 337 Å². The predicted octanol–water partition coefficient (Wildman–Crippen LogP) is 16.0. The zero-order valence-electron chi connectivity index (χ0n) is 31.7. The van der Waals surface area contributed by atoms with Gasteiger partial charge in [-0.15, -0.1) is 0 Å². The van der Waals surface area contributed by atoms with E-state index in [9.17, 15) is 0 Å². The van der Waals surface area contributed by atoms with Crippen molar-refractivity contribution in [3.8, 4) is 44.5 Å². The molecule has 0 N–H and O–H groups in total. The molecular formula is C56H37NO. The molecule has 58 heavy (non-hydrogen) atoms. The Balaban J connectivity index is 1.21. The van der Waals surface area contributed by atoms with Gasteiger partial charge in [-0.05, 0) is 85.4 Å². The van der Waals surface area contributed by atoms with Gasteiger partial charge in [0, 0.05) is 33.1 Å². The van der Waals surface area contributed by atoms with Crippen molar-refractivity contribution in [2.24, 2.45) is 0 Å². The van der Waals surface area contributed by atoms with E-state index in [1.54, 1.807) is 0 Å². The first-order valence-corrected chi connectivity index (χ1v) is 19.8. The smallest absolute Gasteiger partial charge is 0.160 e. The number of nitrogens with zero attached hydrogens (tertiary/aromatic N) is 1. The van der Waals surface area contributed by atoms with Crippen LogP contribution in [0, 0.1) is 0 Å². The van der Waals surface area contributed by atoms with Crippen molar-refractivity contribution < 1.29 is 4.42 Å². The molecule has 11 rings (SSSR count). The fourth-order valence-corrected chi connectivity index (χ4v) is 8.66. The molecule has 0 aliphatic carbocycles. The maximum atomic E-state index is 7.33. The zero-order chi connectivity index (χ0) is 38.4. The molecule has 0 radical (unpaired) electrons. The van der Waals surface area contributed by atoms with Crippen molar-refractivity contribution in [2.75, 3.05) is 4.90 Å². The van der Waals surface area contributed by atoms with Crippen molar-refractivity contribution in [2.45, 2.75) is 0 Å². The molecule has 0 amide bonds. The summed E-state index contributed by atoms with van der Waals surface area (Å²) in [5.41, 5.74) is 14.1. The van der Waals surface area contributed by atoms with Crippen LogP contribution in [0.4, 0.5) is 17.1 Å². The van der Waals surface area contributed by atoms with Crippen LogP contribution in [0.25, 0.3) is 88.0 Å². The largest absolute Gasteiger partial charge is 0.453 e. The highest BCUT2D eigenvalue weighted by molar-refractivity contribution is 6.31. The zero-order valence-corrected chi connectivity index (χ0v) is 31.7. The first-order chi connectivity index (χ1) is 28.8. The average Bonchev–Trinajstić information content (AvgIpc) is 3.71. The summed E-state index contributed by atoms with van der Waals surface area (Å²) in [6.45, 7) is 0. The van der Waals surface area contributed by atoms with Gasteiger partial charge in [0.25, 0.3) is 0 Å². The third kappa shape index (κ3) is 5.74. The molecule has 272 valence electrons. The van der Waals surface area contributed by atoms with E-state index in [2.05, 4.69) is 229 Å². The highest BCUT2D eigenvalue weighted by Crippen LogP contribution is 2.50. The van der Waals surface area contributed by atoms with E-state index >= 15 is 0 Å². The van der Waals surface area contributed by atoms with Crippen LogP contribution in [0.3, 0.4) is 0 Å². The second-order valence-corrected chi connectivity index (χ2v) is 14.8. The standard InChI is InChI=1S/C56H37NO/c1-4-14-38(15-5-1)41-24-26-44(27-25-41)47-36-37-52-53-50-22-12-10-20-48(50)49-21-11-13-23-51(49)55(53)58-56(52)54(47)57(45-32-28-42(29-33-45)39-16-6-2-7-17-39)46-34-30-43(31-35-46)40-18-8-3-9-19-40/h1-37H. The van der Waals surface area contributed by atoms with Gasteiger partial charge >= 0.3 is 0 Å². The maximum absolute atomic E-state index is 7.33. The van der Waals surface area contributed by atoms with Crippen LogP contribution in [-0.4, -0.2) is 0 Å². The minimum absolute atomic E-state index is 0.848. The highest BCUT2D eigenvalue weighted by atomic mass is 16.3. The van der Waals surface area contributed by atoms with Crippen molar-refractivity contribution in [1.82, 2.24) is 0 Å². The number of benzene rings is 10. The molecule has 1 heterocycles. The first kappa shape index (κ1) is 33.6. The number of anilines is 3. The number of hydrogen-bond donors (Lipinski definition) is 0. The summed E-state index contributed by atoms with van der Waals surface area (Å²) in [4.78, 5) is 2.39. The molecular weight excluding hydrogens is 703 g/mol. The lowest BCUT2D eigenvalue weighted by molar-refractivity contribution is 0.673.